The molecular formula is C16H23FN2O2. The Morgan fingerprint density at radius 1 is 1.14 bits per heavy atom. The van der Waals surface area contributed by atoms with Gasteiger partial charge in [0.15, 0.2) is 0 Å². The Kier molecular flexibility index (Phi) is 7.43. The average Bonchev–Trinajstić information content (AvgIpc) is 2.46. The lowest BCUT2D eigenvalue weighted by molar-refractivity contribution is -0.128. The van der Waals surface area contributed by atoms with Crippen LogP contribution in [0.4, 0.5) is 4.39 Å². The molecule has 116 valence electrons. The van der Waals surface area contributed by atoms with Crippen molar-refractivity contribution in [1.82, 2.24) is 10.2 Å². The average molecular weight is 294 g/mol. The maximum atomic E-state index is 12.8. The number of hydrogen-bond acceptors (Lipinski definition) is 2. The third-order valence-electron chi connectivity index (χ3n) is 3.25. The molecule has 0 saturated carbocycles. The maximum Gasteiger partial charge on any atom is 0.251 e. The normalized spacial score (nSPS) is 10.2. The Labute approximate surface area is 125 Å². The molecule has 1 aromatic rings. The van der Waals surface area contributed by atoms with E-state index in [0.29, 0.717) is 18.7 Å². The van der Waals surface area contributed by atoms with Crippen molar-refractivity contribution in [3.8, 4) is 0 Å². The van der Waals surface area contributed by atoms with Gasteiger partial charge in [-0.25, -0.2) is 4.39 Å². The predicted molar refractivity (Wildman–Crippen MR) is 80.5 cm³/mol. The Morgan fingerprint density at radius 2 is 1.81 bits per heavy atom. The number of nitrogens with zero attached hydrogens (tertiary/aromatic N) is 1. The Morgan fingerprint density at radius 3 is 2.38 bits per heavy atom. The molecule has 0 spiro atoms. The number of unbranched alkanes of at least 4 members (excludes halogenated alkanes) is 2. The number of halogens is 1. The molecule has 5 heteroatoms. The van der Waals surface area contributed by atoms with Gasteiger partial charge in [0.1, 0.15) is 5.82 Å². The van der Waals surface area contributed by atoms with Crippen LogP contribution in [0.1, 0.15) is 43.5 Å². The lowest BCUT2D eigenvalue weighted by atomic mass is 10.2. The molecule has 1 N–H and O–H groups in total. The van der Waals surface area contributed by atoms with E-state index in [0.717, 1.165) is 25.8 Å². The smallest absolute Gasteiger partial charge is 0.251 e. The van der Waals surface area contributed by atoms with Crippen LogP contribution in [0, 0.1) is 5.82 Å². The highest BCUT2D eigenvalue weighted by Crippen LogP contribution is 2.02. The molecule has 1 aromatic carbocycles. The number of nitrogens with one attached hydrogen (secondary N) is 1. The van der Waals surface area contributed by atoms with Gasteiger partial charge < -0.3 is 10.2 Å². The Hall–Kier alpha value is -1.91. The topological polar surface area (TPSA) is 49.4 Å². The SMILES string of the molecule is CCCCCN(CCNC(=O)c1ccc(F)cc1)C(C)=O. The number of carbonyl (C=O) groups excluding carboxylic acids is 2. The number of benzene rings is 1. The van der Waals surface area contributed by atoms with Gasteiger partial charge in [0.05, 0.1) is 0 Å². The number of rotatable bonds is 8. The van der Waals surface area contributed by atoms with Crippen LogP contribution in [0.5, 0.6) is 0 Å². The van der Waals surface area contributed by atoms with Gasteiger partial charge in [-0.2, -0.15) is 0 Å². The molecule has 0 saturated heterocycles. The fourth-order valence-electron chi connectivity index (χ4n) is 1.99. The first-order valence-electron chi connectivity index (χ1n) is 7.34. The van der Waals surface area contributed by atoms with Crippen molar-refractivity contribution < 1.29 is 14.0 Å². The summed E-state index contributed by atoms with van der Waals surface area (Å²) in [6.45, 7) is 5.25. The molecule has 0 radical (unpaired) electrons. The second-order valence-corrected chi connectivity index (χ2v) is 4.98. The fourth-order valence-corrected chi connectivity index (χ4v) is 1.99. The lowest BCUT2D eigenvalue weighted by Gasteiger charge is -2.21. The van der Waals surface area contributed by atoms with E-state index in [1.165, 1.54) is 31.2 Å². The largest absolute Gasteiger partial charge is 0.350 e. The Balaban J connectivity index is 2.37. The molecule has 0 unspecified atom stereocenters. The van der Waals surface area contributed by atoms with Gasteiger partial charge >= 0.3 is 0 Å². The van der Waals surface area contributed by atoms with Crippen molar-refractivity contribution in [1.29, 1.82) is 0 Å². The molecule has 1 rings (SSSR count). The van der Waals surface area contributed by atoms with Crippen LogP contribution in [0.15, 0.2) is 24.3 Å². The van der Waals surface area contributed by atoms with Crippen LogP contribution in [-0.4, -0.2) is 36.3 Å². The summed E-state index contributed by atoms with van der Waals surface area (Å²) in [7, 11) is 0. The maximum absolute atomic E-state index is 12.8. The van der Waals surface area contributed by atoms with Crippen LogP contribution >= 0.6 is 0 Å². The van der Waals surface area contributed by atoms with Gasteiger partial charge in [-0.1, -0.05) is 19.8 Å². The van der Waals surface area contributed by atoms with E-state index >= 15 is 0 Å². The monoisotopic (exact) mass is 294 g/mol. The van der Waals surface area contributed by atoms with Gasteiger partial charge in [-0.3, -0.25) is 9.59 Å². The summed E-state index contributed by atoms with van der Waals surface area (Å²) in [5.41, 5.74) is 0.414. The molecule has 0 aromatic heterocycles. The summed E-state index contributed by atoms with van der Waals surface area (Å²) < 4.78 is 12.8. The molecular weight excluding hydrogens is 271 g/mol. The molecule has 0 aliphatic rings. The number of amides is 2. The van der Waals surface area contributed by atoms with Crippen LogP contribution in [0.25, 0.3) is 0 Å². The highest BCUT2D eigenvalue weighted by molar-refractivity contribution is 5.94. The van der Waals surface area contributed by atoms with E-state index < -0.39 is 0 Å². The zero-order valence-electron chi connectivity index (χ0n) is 12.7. The van der Waals surface area contributed by atoms with Crippen LogP contribution < -0.4 is 5.32 Å². The Bertz CT molecular complexity index is 460. The van der Waals surface area contributed by atoms with Crippen LogP contribution in [0.3, 0.4) is 0 Å². The van der Waals surface area contributed by atoms with Crippen molar-refractivity contribution in [2.24, 2.45) is 0 Å². The van der Waals surface area contributed by atoms with Gasteiger partial charge in [0.25, 0.3) is 5.91 Å². The van der Waals surface area contributed by atoms with E-state index in [-0.39, 0.29) is 17.6 Å². The minimum absolute atomic E-state index is 0.0159. The predicted octanol–water partition coefficient (Wildman–Crippen LogP) is 2.59. The van der Waals surface area contributed by atoms with Crippen LogP contribution in [-0.2, 0) is 4.79 Å². The summed E-state index contributed by atoms with van der Waals surface area (Å²) in [4.78, 5) is 25.1. The first-order chi connectivity index (χ1) is 10.0. The molecule has 0 aliphatic carbocycles. The second kappa shape index (κ2) is 9.10. The van der Waals surface area contributed by atoms with Crippen molar-refractivity contribution in [2.75, 3.05) is 19.6 Å². The number of hydrogen-bond donors (Lipinski definition) is 1. The summed E-state index contributed by atoms with van der Waals surface area (Å²) in [6.07, 6.45) is 3.17. The number of carbonyl (C=O) groups is 2. The van der Waals surface area contributed by atoms with Crippen molar-refractivity contribution in [3.05, 3.63) is 35.6 Å². The van der Waals surface area contributed by atoms with E-state index in [2.05, 4.69) is 12.2 Å². The molecule has 2 amide bonds. The van der Waals surface area contributed by atoms with E-state index in [1.54, 1.807) is 4.90 Å². The third-order valence-corrected chi connectivity index (χ3v) is 3.25. The zero-order valence-corrected chi connectivity index (χ0v) is 12.7. The van der Waals surface area contributed by atoms with Gasteiger partial charge in [-0.05, 0) is 30.7 Å². The highest BCUT2D eigenvalue weighted by Gasteiger charge is 2.09. The lowest BCUT2D eigenvalue weighted by Crippen LogP contribution is -2.38. The van der Waals surface area contributed by atoms with Crippen molar-refractivity contribution in [3.63, 3.8) is 0 Å². The van der Waals surface area contributed by atoms with Crippen molar-refractivity contribution in [2.45, 2.75) is 33.1 Å². The van der Waals surface area contributed by atoms with E-state index in [1.807, 2.05) is 0 Å². The zero-order chi connectivity index (χ0) is 15.7. The van der Waals surface area contributed by atoms with Gasteiger partial charge in [-0.15, -0.1) is 0 Å². The molecule has 0 bridgehead atoms. The van der Waals surface area contributed by atoms with Crippen LogP contribution in [0.2, 0.25) is 0 Å². The summed E-state index contributed by atoms with van der Waals surface area (Å²) in [6, 6.07) is 5.38. The molecule has 0 atom stereocenters. The first kappa shape index (κ1) is 17.1. The molecule has 0 fully saturated rings. The van der Waals surface area contributed by atoms with Crippen molar-refractivity contribution >= 4 is 11.8 Å². The van der Waals surface area contributed by atoms with E-state index in [4.69, 9.17) is 0 Å². The van der Waals surface area contributed by atoms with E-state index in [9.17, 15) is 14.0 Å². The second-order valence-electron chi connectivity index (χ2n) is 4.98. The molecule has 0 aliphatic heterocycles. The quantitative estimate of drug-likeness (QED) is 0.749. The highest BCUT2D eigenvalue weighted by atomic mass is 19.1. The standard InChI is InChI=1S/C16H23FN2O2/c1-3-4-5-11-19(13(2)20)12-10-18-16(21)14-6-8-15(17)9-7-14/h6-9H,3-5,10-12H2,1-2H3,(H,18,21). The first-order valence-corrected chi connectivity index (χ1v) is 7.34. The molecule has 4 nitrogen and oxygen atoms in total. The fraction of sp³-hybridized carbons (Fsp3) is 0.500. The molecule has 0 heterocycles. The minimum atomic E-state index is -0.370. The summed E-state index contributed by atoms with van der Waals surface area (Å²) in [5, 5.41) is 2.74. The van der Waals surface area contributed by atoms with Gasteiger partial charge in [0, 0.05) is 32.1 Å². The van der Waals surface area contributed by atoms with Gasteiger partial charge in [0.2, 0.25) is 5.91 Å². The third kappa shape index (κ3) is 6.38. The summed E-state index contributed by atoms with van der Waals surface area (Å²) in [5.74, 6) is -0.612. The summed E-state index contributed by atoms with van der Waals surface area (Å²) >= 11 is 0. The minimum Gasteiger partial charge on any atom is -0.350 e. The molecule has 21 heavy (non-hydrogen) atoms.